The van der Waals surface area contributed by atoms with E-state index in [9.17, 15) is 14.9 Å². The third kappa shape index (κ3) is 5.84. The number of nitrogens with zero attached hydrogens (tertiary/aromatic N) is 4. The summed E-state index contributed by atoms with van der Waals surface area (Å²) >= 11 is 13.7. The molecule has 0 unspecified atom stereocenters. The number of hydrogen-bond acceptors (Lipinski definition) is 6. The average molecular weight is 504 g/mol. The monoisotopic (exact) mass is 502 g/mol. The fraction of sp³-hybridized carbons (Fsp3) is 0.300. The van der Waals surface area contributed by atoms with Gasteiger partial charge in [0.25, 0.3) is 11.6 Å². The van der Waals surface area contributed by atoms with Gasteiger partial charge in [-0.15, -0.1) is 12.4 Å². The molecule has 3 rings (SSSR count). The van der Waals surface area contributed by atoms with Crippen molar-refractivity contribution in [3.63, 3.8) is 0 Å². The number of anilines is 1. The van der Waals surface area contributed by atoms with E-state index in [1.807, 2.05) is 13.8 Å². The number of halogens is 3. The van der Waals surface area contributed by atoms with E-state index in [4.69, 9.17) is 23.2 Å². The van der Waals surface area contributed by atoms with Crippen molar-refractivity contribution in [2.24, 2.45) is 0 Å². The molecule has 2 aromatic carbocycles. The Morgan fingerprint density at radius 2 is 1.84 bits per heavy atom. The molecule has 1 aromatic heterocycles. The first-order valence-corrected chi connectivity index (χ1v) is 11.0. The Hall–Kier alpha value is -1.97. The molecule has 31 heavy (non-hydrogen) atoms. The van der Waals surface area contributed by atoms with E-state index in [0.29, 0.717) is 23.2 Å². The molecule has 11 heteroatoms. The van der Waals surface area contributed by atoms with Gasteiger partial charge in [-0.3, -0.25) is 19.8 Å². The second-order valence-electron chi connectivity index (χ2n) is 6.51. The Bertz CT molecular complexity index is 1090. The van der Waals surface area contributed by atoms with Gasteiger partial charge in [-0.1, -0.05) is 48.4 Å². The first-order chi connectivity index (χ1) is 14.3. The number of benzene rings is 2. The van der Waals surface area contributed by atoms with Gasteiger partial charge in [0, 0.05) is 30.2 Å². The Labute approximate surface area is 200 Å². The van der Waals surface area contributed by atoms with Crippen LogP contribution in [0.1, 0.15) is 24.2 Å². The number of aromatic nitrogens is 1. The van der Waals surface area contributed by atoms with Gasteiger partial charge >= 0.3 is 0 Å². The summed E-state index contributed by atoms with van der Waals surface area (Å²) in [5, 5.41) is 12.4. The fourth-order valence-corrected chi connectivity index (χ4v) is 4.47. The summed E-state index contributed by atoms with van der Waals surface area (Å²) in [5.74, 6) is -0.430. The molecule has 0 fully saturated rings. The molecule has 3 aromatic rings. The van der Waals surface area contributed by atoms with Crippen molar-refractivity contribution >= 4 is 73.9 Å². The minimum absolute atomic E-state index is 0. The number of carbonyl (C=O) groups is 1. The lowest BCUT2D eigenvalue weighted by Gasteiger charge is -2.25. The van der Waals surface area contributed by atoms with E-state index in [-0.39, 0.29) is 28.7 Å². The molecule has 0 N–H and O–H groups in total. The number of non-ortho nitro benzene ring substituents is 1. The molecule has 1 heterocycles. The van der Waals surface area contributed by atoms with Crippen molar-refractivity contribution in [1.29, 1.82) is 0 Å². The van der Waals surface area contributed by atoms with Crippen LogP contribution in [-0.4, -0.2) is 46.9 Å². The zero-order chi connectivity index (χ0) is 21.8. The molecule has 1 amide bonds. The molecule has 0 atom stereocenters. The Balaban J connectivity index is 0.00000341. The predicted molar refractivity (Wildman–Crippen MR) is 129 cm³/mol. The number of carbonyl (C=O) groups excluding carboxylic acids is 1. The highest BCUT2D eigenvalue weighted by molar-refractivity contribution is 7.22. The van der Waals surface area contributed by atoms with Gasteiger partial charge in [-0.2, -0.15) is 0 Å². The highest BCUT2D eigenvalue weighted by Crippen LogP contribution is 2.33. The molecular weight excluding hydrogens is 483 g/mol. The SMILES string of the molecule is CCN(CC)CCN(C(=O)c1cc([N+](=O)[O-])ccc1Cl)c1nc2ccc(Cl)cc2s1.Cl. The van der Waals surface area contributed by atoms with Gasteiger partial charge < -0.3 is 4.90 Å². The van der Waals surface area contributed by atoms with E-state index in [1.165, 1.54) is 34.4 Å². The first kappa shape index (κ1) is 25.3. The highest BCUT2D eigenvalue weighted by atomic mass is 35.5. The van der Waals surface area contributed by atoms with E-state index >= 15 is 0 Å². The van der Waals surface area contributed by atoms with Crippen LogP contribution in [0.2, 0.25) is 10.0 Å². The van der Waals surface area contributed by atoms with Crippen LogP contribution in [0.3, 0.4) is 0 Å². The van der Waals surface area contributed by atoms with Crippen LogP contribution >= 0.6 is 46.9 Å². The fourth-order valence-electron chi connectivity index (χ4n) is 3.00. The van der Waals surface area contributed by atoms with Crippen LogP contribution in [0.25, 0.3) is 10.2 Å². The maximum Gasteiger partial charge on any atom is 0.270 e. The Kier molecular flexibility index (Phi) is 9.02. The van der Waals surface area contributed by atoms with Crippen LogP contribution in [0.15, 0.2) is 36.4 Å². The lowest BCUT2D eigenvalue weighted by Crippen LogP contribution is -2.39. The van der Waals surface area contributed by atoms with Gasteiger partial charge in [-0.25, -0.2) is 4.98 Å². The van der Waals surface area contributed by atoms with Gasteiger partial charge in [-0.05, 0) is 37.4 Å². The normalized spacial score (nSPS) is 10.9. The van der Waals surface area contributed by atoms with Crippen molar-refractivity contribution in [2.75, 3.05) is 31.1 Å². The van der Waals surface area contributed by atoms with Crippen molar-refractivity contribution in [3.05, 3.63) is 62.1 Å². The van der Waals surface area contributed by atoms with Gasteiger partial charge in [0.15, 0.2) is 5.13 Å². The van der Waals surface area contributed by atoms with E-state index in [1.54, 1.807) is 18.2 Å². The molecule has 0 aliphatic rings. The number of nitro benzene ring substituents is 1. The molecule has 0 bridgehead atoms. The van der Waals surface area contributed by atoms with Crippen LogP contribution in [-0.2, 0) is 0 Å². The summed E-state index contributed by atoms with van der Waals surface area (Å²) in [4.78, 5) is 32.3. The highest BCUT2D eigenvalue weighted by Gasteiger charge is 2.25. The number of thiazole rings is 1. The lowest BCUT2D eigenvalue weighted by molar-refractivity contribution is -0.384. The predicted octanol–water partition coefficient (Wildman–Crippen LogP) is 5.92. The van der Waals surface area contributed by atoms with Gasteiger partial charge in [0.1, 0.15) is 0 Å². The summed E-state index contributed by atoms with van der Waals surface area (Å²) < 4.78 is 0.850. The maximum atomic E-state index is 13.4. The zero-order valence-corrected chi connectivity index (χ0v) is 20.0. The number of likely N-dealkylation sites (N-methyl/N-ethyl adjacent to an activating group) is 1. The number of hydrogen-bond donors (Lipinski definition) is 0. The van der Waals surface area contributed by atoms with E-state index < -0.39 is 10.8 Å². The Morgan fingerprint density at radius 3 is 2.48 bits per heavy atom. The largest absolute Gasteiger partial charge is 0.302 e. The topological polar surface area (TPSA) is 79.6 Å². The third-order valence-electron chi connectivity index (χ3n) is 4.74. The number of amides is 1. The molecule has 7 nitrogen and oxygen atoms in total. The van der Waals surface area contributed by atoms with Crippen LogP contribution in [0.5, 0.6) is 0 Å². The molecule has 0 aliphatic carbocycles. The molecule has 166 valence electrons. The average Bonchev–Trinajstić information content (AvgIpc) is 3.13. The minimum Gasteiger partial charge on any atom is -0.302 e. The van der Waals surface area contributed by atoms with E-state index in [2.05, 4.69) is 9.88 Å². The molecule has 0 saturated heterocycles. The number of fused-ring (bicyclic) bond motifs is 1. The molecule has 0 radical (unpaired) electrons. The van der Waals surface area contributed by atoms with E-state index in [0.717, 1.165) is 23.3 Å². The van der Waals surface area contributed by atoms with Crippen LogP contribution in [0.4, 0.5) is 10.8 Å². The molecule has 0 aliphatic heterocycles. The lowest BCUT2D eigenvalue weighted by atomic mass is 10.1. The third-order valence-corrected chi connectivity index (χ3v) is 6.35. The van der Waals surface area contributed by atoms with Crippen LogP contribution in [0, 0.1) is 10.1 Å². The molecule has 0 spiro atoms. The standard InChI is InChI=1S/C20H20Cl2N4O3S.ClH/c1-3-24(4-2)9-10-25(20-23-17-8-5-13(21)11-18(17)30-20)19(27)15-12-14(26(28)29)6-7-16(15)22;/h5-8,11-12H,3-4,9-10H2,1-2H3;1H. The van der Waals surface area contributed by atoms with Crippen molar-refractivity contribution in [2.45, 2.75) is 13.8 Å². The van der Waals surface area contributed by atoms with Crippen molar-refractivity contribution in [1.82, 2.24) is 9.88 Å². The summed E-state index contributed by atoms with van der Waals surface area (Å²) in [5.41, 5.74) is 0.607. The second kappa shape index (κ2) is 11.1. The summed E-state index contributed by atoms with van der Waals surface area (Å²) in [6.07, 6.45) is 0. The van der Waals surface area contributed by atoms with Gasteiger partial charge in [0.05, 0.1) is 25.7 Å². The summed E-state index contributed by atoms with van der Waals surface area (Å²) in [7, 11) is 0. The minimum atomic E-state index is -0.549. The van der Waals surface area contributed by atoms with Gasteiger partial charge in [0.2, 0.25) is 0 Å². The number of nitro groups is 1. The quantitative estimate of drug-likeness (QED) is 0.281. The van der Waals surface area contributed by atoms with Crippen molar-refractivity contribution < 1.29 is 9.72 Å². The van der Waals surface area contributed by atoms with Crippen LogP contribution < -0.4 is 4.90 Å². The smallest absolute Gasteiger partial charge is 0.270 e. The molecular formula is C20H21Cl3N4O3S. The number of rotatable bonds is 8. The Morgan fingerprint density at radius 1 is 1.13 bits per heavy atom. The maximum absolute atomic E-state index is 13.4. The van der Waals surface area contributed by atoms with Crippen molar-refractivity contribution in [3.8, 4) is 0 Å². The zero-order valence-electron chi connectivity index (χ0n) is 16.9. The molecule has 0 saturated carbocycles. The summed E-state index contributed by atoms with van der Waals surface area (Å²) in [6, 6.07) is 9.19. The first-order valence-electron chi connectivity index (χ1n) is 9.38. The summed E-state index contributed by atoms with van der Waals surface area (Å²) in [6.45, 7) is 6.77. The second-order valence-corrected chi connectivity index (χ2v) is 8.37.